The summed E-state index contributed by atoms with van der Waals surface area (Å²) in [4.78, 5) is 9.15. The van der Waals surface area contributed by atoms with E-state index in [2.05, 4.69) is 65.6 Å². The van der Waals surface area contributed by atoms with E-state index in [1.807, 2.05) is 13.0 Å². The lowest BCUT2D eigenvalue weighted by atomic mass is 9.87. The molecule has 3 rings (SSSR count). The summed E-state index contributed by atoms with van der Waals surface area (Å²) in [5, 5.41) is 15.8. The lowest BCUT2D eigenvalue weighted by Gasteiger charge is -2.19. The first kappa shape index (κ1) is 17.7. The topological polar surface area (TPSA) is 70.1 Å². The van der Waals surface area contributed by atoms with Crippen LogP contribution in [-0.2, 0) is 5.41 Å². The van der Waals surface area contributed by atoms with Crippen LogP contribution in [0.4, 0.5) is 17.5 Å². The molecular weight excluding hydrogens is 312 g/mol. The molecule has 1 aliphatic rings. The molecule has 1 atom stereocenters. The van der Waals surface area contributed by atoms with Gasteiger partial charge in [0.25, 0.3) is 0 Å². The second-order valence-corrected chi connectivity index (χ2v) is 7.96. The molecule has 0 radical (unpaired) electrons. The largest absolute Gasteiger partial charge is 0.394 e. The highest BCUT2D eigenvalue weighted by molar-refractivity contribution is 5.58. The van der Waals surface area contributed by atoms with E-state index in [0.29, 0.717) is 11.9 Å². The number of aliphatic hydroxyl groups is 1. The van der Waals surface area contributed by atoms with Crippen LogP contribution in [0, 0.1) is 0 Å². The van der Waals surface area contributed by atoms with E-state index < -0.39 is 0 Å². The molecule has 134 valence electrons. The third-order valence-corrected chi connectivity index (χ3v) is 4.41. The van der Waals surface area contributed by atoms with Gasteiger partial charge in [-0.05, 0) is 42.9 Å². The van der Waals surface area contributed by atoms with E-state index in [0.717, 1.165) is 17.2 Å². The van der Waals surface area contributed by atoms with Crippen LogP contribution in [0.2, 0.25) is 0 Å². The molecule has 25 heavy (non-hydrogen) atoms. The van der Waals surface area contributed by atoms with Crippen LogP contribution < -0.4 is 10.6 Å². The summed E-state index contributed by atoms with van der Waals surface area (Å²) in [6, 6.07) is 10.4. The zero-order valence-electron chi connectivity index (χ0n) is 15.5. The Labute approximate surface area is 149 Å². The SMILES string of the molecule is C[C@@H](CO)Nc1nc(Nc2ccc(C(C)(C)C)cc2)cc(C2CC2)n1. The van der Waals surface area contributed by atoms with Crippen LogP contribution in [-0.4, -0.2) is 27.7 Å². The Balaban J connectivity index is 1.81. The molecule has 0 aliphatic heterocycles. The van der Waals surface area contributed by atoms with Crippen molar-refractivity contribution < 1.29 is 5.11 Å². The lowest BCUT2D eigenvalue weighted by molar-refractivity contribution is 0.281. The normalized spacial score (nSPS) is 15.7. The van der Waals surface area contributed by atoms with E-state index in [9.17, 15) is 5.11 Å². The van der Waals surface area contributed by atoms with Crippen LogP contribution >= 0.6 is 0 Å². The number of rotatable bonds is 6. The minimum atomic E-state index is -0.0756. The van der Waals surface area contributed by atoms with Gasteiger partial charge in [-0.15, -0.1) is 0 Å². The molecule has 2 aromatic rings. The Morgan fingerprint density at radius 3 is 2.40 bits per heavy atom. The van der Waals surface area contributed by atoms with Crippen molar-refractivity contribution in [3.8, 4) is 0 Å². The molecule has 0 saturated heterocycles. The second kappa shape index (κ2) is 7.00. The first-order chi connectivity index (χ1) is 11.8. The van der Waals surface area contributed by atoms with Crippen molar-refractivity contribution in [1.29, 1.82) is 0 Å². The molecular formula is C20H28N4O. The average Bonchev–Trinajstić information content (AvgIpc) is 3.39. The molecule has 0 bridgehead atoms. The highest BCUT2D eigenvalue weighted by Crippen LogP contribution is 2.40. The van der Waals surface area contributed by atoms with Gasteiger partial charge in [0.1, 0.15) is 5.82 Å². The summed E-state index contributed by atoms with van der Waals surface area (Å²) in [5.41, 5.74) is 3.52. The molecule has 1 saturated carbocycles. The predicted molar refractivity (Wildman–Crippen MR) is 103 cm³/mol. The fourth-order valence-electron chi connectivity index (χ4n) is 2.65. The fourth-order valence-corrected chi connectivity index (χ4v) is 2.65. The third kappa shape index (κ3) is 4.69. The van der Waals surface area contributed by atoms with Gasteiger partial charge in [0.05, 0.1) is 12.3 Å². The molecule has 1 aromatic carbocycles. The second-order valence-electron chi connectivity index (χ2n) is 7.96. The number of aliphatic hydroxyl groups excluding tert-OH is 1. The minimum absolute atomic E-state index is 0.0496. The van der Waals surface area contributed by atoms with Crippen LogP contribution in [0.5, 0.6) is 0 Å². The smallest absolute Gasteiger partial charge is 0.225 e. The van der Waals surface area contributed by atoms with Crippen LogP contribution in [0.25, 0.3) is 0 Å². The quantitative estimate of drug-likeness (QED) is 0.735. The van der Waals surface area contributed by atoms with Crippen molar-refractivity contribution in [3.63, 3.8) is 0 Å². The van der Waals surface area contributed by atoms with Gasteiger partial charge in [0.2, 0.25) is 5.95 Å². The van der Waals surface area contributed by atoms with Crippen LogP contribution in [0.15, 0.2) is 30.3 Å². The highest BCUT2D eigenvalue weighted by Gasteiger charge is 2.26. The molecule has 1 aliphatic carbocycles. The van der Waals surface area contributed by atoms with Crippen molar-refractivity contribution in [1.82, 2.24) is 9.97 Å². The fraction of sp³-hybridized carbons (Fsp3) is 0.500. The zero-order valence-corrected chi connectivity index (χ0v) is 15.5. The molecule has 1 fully saturated rings. The number of anilines is 3. The number of hydrogen-bond donors (Lipinski definition) is 3. The van der Waals surface area contributed by atoms with Gasteiger partial charge >= 0.3 is 0 Å². The molecule has 5 heteroatoms. The summed E-state index contributed by atoms with van der Waals surface area (Å²) in [5.74, 6) is 1.89. The van der Waals surface area contributed by atoms with E-state index >= 15 is 0 Å². The Morgan fingerprint density at radius 1 is 1.16 bits per heavy atom. The Morgan fingerprint density at radius 2 is 1.84 bits per heavy atom. The van der Waals surface area contributed by atoms with Crippen molar-refractivity contribution >= 4 is 17.5 Å². The van der Waals surface area contributed by atoms with E-state index in [1.54, 1.807) is 0 Å². The van der Waals surface area contributed by atoms with Gasteiger partial charge in [-0.25, -0.2) is 4.98 Å². The first-order valence-electron chi connectivity index (χ1n) is 8.99. The highest BCUT2D eigenvalue weighted by atomic mass is 16.3. The van der Waals surface area contributed by atoms with Gasteiger partial charge in [0, 0.05) is 23.7 Å². The van der Waals surface area contributed by atoms with Crippen molar-refractivity contribution in [2.24, 2.45) is 0 Å². The zero-order chi connectivity index (χ0) is 18.0. The molecule has 3 N–H and O–H groups in total. The first-order valence-corrected chi connectivity index (χ1v) is 8.99. The maximum Gasteiger partial charge on any atom is 0.225 e. The number of nitrogens with one attached hydrogen (secondary N) is 2. The Kier molecular flexibility index (Phi) is 4.95. The third-order valence-electron chi connectivity index (χ3n) is 4.41. The van der Waals surface area contributed by atoms with Gasteiger partial charge in [-0.1, -0.05) is 32.9 Å². The van der Waals surface area contributed by atoms with Gasteiger partial charge in [0.15, 0.2) is 0 Å². The van der Waals surface area contributed by atoms with Crippen molar-refractivity contribution in [3.05, 3.63) is 41.6 Å². The number of aromatic nitrogens is 2. The minimum Gasteiger partial charge on any atom is -0.394 e. The summed E-state index contributed by atoms with van der Waals surface area (Å²) in [6.45, 7) is 8.59. The number of nitrogens with zero attached hydrogens (tertiary/aromatic N) is 2. The van der Waals surface area contributed by atoms with Gasteiger partial charge in [-0.2, -0.15) is 4.98 Å². The lowest BCUT2D eigenvalue weighted by Crippen LogP contribution is -2.21. The molecule has 5 nitrogen and oxygen atoms in total. The Bertz CT molecular complexity index is 717. The molecule has 0 unspecified atom stereocenters. The molecule has 1 heterocycles. The van der Waals surface area contributed by atoms with Crippen molar-refractivity contribution in [2.75, 3.05) is 17.2 Å². The molecule has 0 amide bonds. The maximum atomic E-state index is 9.25. The average molecular weight is 340 g/mol. The molecule has 0 spiro atoms. The van der Waals surface area contributed by atoms with E-state index in [4.69, 9.17) is 0 Å². The standard InChI is InChI=1S/C20H28N4O/c1-13(12-25)21-19-23-17(14-5-6-14)11-18(24-19)22-16-9-7-15(8-10-16)20(2,3)4/h7-11,13-14,25H,5-6,12H2,1-4H3,(H2,21,22,23,24)/t13-/m0/s1. The number of hydrogen-bond acceptors (Lipinski definition) is 5. The maximum absolute atomic E-state index is 9.25. The van der Waals surface area contributed by atoms with Crippen LogP contribution in [0.1, 0.15) is 57.7 Å². The molecule has 1 aromatic heterocycles. The Hall–Kier alpha value is -2.14. The summed E-state index contributed by atoms with van der Waals surface area (Å²) in [7, 11) is 0. The monoisotopic (exact) mass is 340 g/mol. The van der Waals surface area contributed by atoms with E-state index in [1.165, 1.54) is 18.4 Å². The summed E-state index contributed by atoms with van der Waals surface area (Å²) < 4.78 is 0. The van der Waals surface area contributed by atoms with Gasteiger partial charge in [-0.3, -0.25) is 0 Å². The van der Waals surface area contributed by atoms with Crippen molar-refractivity contribution in [2.45, 2.75) is 57.9 Å². The number of benzene rings is 1. The summed E-state index contributed by atoms with van der Waals surface area (Å²) in [6.07, 6.45) is 2.37. The van der Waals surface area contributed by atoms with E-state index in [-0.39, 0.29) is 18.1 Å². The summed E-state index contributed by atoms with van der Waals surface area (Å²) >= 11 is 0. The van der Waals surface area contributed by atoms with Gasteiger partial charge < -0.3 is 15.7 Å². The van der Waals surface area contributed by atoms with Crippen LogP contribution in [0.3, 0.4) is 0 Å². The predicted octanol–water partition coefficient (Wildman–Crippen LogP) is 4.19.